The van der Waals surface area contributed by atoms with Crippen molar-refractivity contribution in [1.82, 2.24) is 0 Å². The van der Waals surface area contributed by atoms with Crippen LogP contribution in [0.4, 0.5) is 0 Å². The van der Waals surface area contributed by atoms with Crippen LogP contribution in [0.25, 0.3) is 0 Å². The van der Waals surface area contributed by atoms with Crippen LogP contribution in [0.2, 0.25) is 0 Å². The van der Waals surface area contributed by atoms with Crippen LogP contribution in [-0.2, 0) is 20.7 Å². The lowest BCUT2D eigenvalue weighted by Crippen LogP contribution is -2.42. The second-order valence-corrected chi connectivity index (χ2v) is 8.47. The smallest absolute Gasteiger partial charge is 0.341 e. The Bertz CT molecular complexity index is 826. The normalized spacial score (nSPS) is 31.5. The molecular weight excluding hydrogens is 344 g/mol. The van der Waals surface area contributed by atoms with E-state index >= 15 is 0 Å². The Morgan fingerprint density at radius 2 is 1.93 bits per heavy atom. The molecule has 0 bridgehead atoms. The Morgan fingerprint density at radius 1 is 1.15 bits per heavy atom. The molecule has 144 valence electrons. The highest BCUT2D eigenvalue weighted by Crippen LogP contribution is 2.59. The Morgan fingerprint density at radius 3 is 2.63 bits per heavy atom. The number of ketones is 1. The molecule has 1 aromatic rings. The molecule has 0 aromatic heterocycles. The zero-order chi connectivity index (χ0) is 19.3. The Labute approximate surface area is 159 Å². The lowest BCUT2D eigenvalue weighted by atomic mass is 9.55. The van der Waals surface area contributed by atoms with Gasteiger partial charge in [-0.3, -0.25) is 9.59 Å². The van der Waals surface area contributed by atoms with Gasteiger partial charge in [0.25, 0.3) is 0 Å². The molecule has 4 rings (SSSR count). The van der Waals surface area contributed by atoms with E-state index in [0.717, 1.165) is 37.7 Å². The van der Waals surface area contributed by atoms with E-state index in [2.05, 4.69) is 6.92 Å². The van der Waals surface area contributed by atoms with Gasteiger partial charge in [-0.2, -0.15) is 0 Å². The maximum absolute atomic E-state index is 12.5. The molecule has 0 saturated heterocycles. The van der Waals surface area contributed by atoms with E-state index in [0.29, 0.717) is 35.5 Å². The number of carbonyl (C=O) groups is 3. The molecule has 0 N–H and O–H groups in total. The lowest BCUT2D eigenvalue weighted by molar-refractivity contribution is -0.132. The van der Waals surface area contributed by atoms with Crippen LogP contribution in [-0.4, -0.2) is 24.8 Å². The van der Waals surface area contributed by atoms with E-state index < -0.39 is 11.9 Å². The molecule has 0 radical (unpaired) electrons. The van der Waals surface area contributed by atoms with E-state index in [1.54, 1.807) is 0 Å². The first-order valence-corrected chi connectivity index (χ1v) is 9.82. The van der Waals surface area contributed by atoms with Crippen LogP contribution >= 0.6 is 0 Å². The third-order valence-corrected chi connectivity index (χ3v) is 7.19. The molecule has 4 atom stereocenters. The number of Topliss-reactive ketones (excluding diaryl/α,β-unsaturated/α-hetero) is 1. The molecule has 0 unspecified atom stereocenters. The molecule has 0 heterocycles. The van der Waals surface area contributed by atoms with Crippen LogP contribution in [0.15, 0.2) is 12.1 Å². The molecule has 1 aromatic carbocycles. The SMILES string of the molecule is COC(=O)c1cc2c(cc1OC(C)=O)CC[C@@H]1[C@@H]2CC[C@]2(C)C(=O)CC[C@@H]12. The summed E-state index contributed by atoms with van der Waals surface area (Å²) in [5.41, 5.74) is 2.46. The highest BCUT2D eigenvalue weighted by Gasteiger charge is 2.54. The minimum absolute atomic E-state index is 0.165. The van der Waals surface area contributed by atoms with E-state index in [1.165, 1.54) is 19.6 Å². The third kappa shape index (κ3) is 2.79. The highest BCUT2D eigenvalue weighted by molar-refractivity contribution is 5.94. The summed E-state index contributed by atoms with van der Waals surface area (Å²) in [6.45, 7) is 3.48. The predicted molar refractivity (Wildman–Crippen MR) is 98.7 cm³/mol. The monoisotopic (exact) mass is 370 g/mol. The van der Waals surface area contributed by atoms with Gasteiger partial charge in [0.15, 0.2) is 0 Å². The van der Waals surface area contributed by atoms with Gasteiger partial charge in [-0.15, -0.1) is 0 Å². The Kier molecular flexibility index (Phi) is 4.36. The summed E-state index contributed by atoms with van der Waals surface area (Å²) in [5.74, 6) is 1.03. The maximum Gasteiger partial charge on any atom is 0.341 e. The molecular formula is C22H26O5. The minimum atomic E-state index is -0.493. The van der Waals surface area contributed by atoms with Crippen molar-refractivity contribution >= 4 is 17.7 Å². The van der Waals surface area contributed by atoms with Gasteiger partial charge >= 0.3 is 11.9 Å². The number of hydrogen-bond acceptors (Lipinski definition) is 5. The highest BCUT2D eigenvalue weighted by atomic mass is 16.5. The van der Waals surface area contributed by atoms with Gasteiger partial charge in [-0.25, -0.2) is 4.79 Å². The summed E-state index contributed by atoms with van der Waals surface area (Å²) in [4.78, 5) is 36.2. The van der Waals surface area contributed by atoms with Gasteiger partial charge in [-0.05, 0) is 73.1 Å². The predicted octanol–water partition coefficient (Wildman–Crippen LogP) is 3.82. The van der Waals surface area contributed by atoms with Crippen LogP contribution in [0.5, 0.6) is 5.75 Å². The summed E-state index contributed by atoms with van der Waals surface area (Å²) in [7, 11) is 1.33. The number of methoxy groups -OCH3 is 1. The van der Waals surface area contributed by atoms with E-state index in [9.17, 15) is 14.4 Å². The second kappa shape index (κ2) is 6.47. The van der Waals surface area contributed by atoms with E-state index in [1.807, 2.05) is 12.1 Å². The molecule has 0 aliphatic heterocycles. The summed E-state index contributed by atoms with van der Waals surface area (Å²) in [6.07, 6.45) is 5.49. The van der Waals surface area contributed by atoms with Gasteiger partial charge in [0.05, 0.1) is 7.11 Å². The molecule has 2 saturated carbocycles. The Balaban J connectivity index is 1.75. The number of fused-ring (bicyclic) bond motifs is 5. The standard InChI is InChI=1S/C22H26O5/c1-12(23)27-19-10-13-4-5-15-14(16(13)11-17(19)21(25)26-3)8-9-22(2)18(15)6-7-20(22)24/h10-11,14-15,18H,4-9H2,1-3H3/t14-,15+,18-,22-/m0/s1. The molecule has 0 spiro atoms. The topological polar surface area (TPSA) is 69.7 Å². The Hall–Kier alpha value is -2.17. The van der Waals surface area contributed by atoms with Crippen molar-refractivity contribution in [3.63, 3.8) is 0 Å². The molecule has 3 aliphatic rings. The number of ether oxygens (including phenoxy) is 2. The number of rotatable bonds is 2. The summed E-state index contributed by atoms with van der Waals surface area (Å²) >= 11 is 0. The van der Waals surface area contributed by atoms with Crippen LogP contribution < -0.4 is 4.74 Å². The van der Waals surface area contributed by atoms with Gasteiger partial charge in [0.1, 0.15) is 17.1 Å². The van der Waals surface area contributed by atoms with Gasteiger partial charge < -0.3 is 9.47 Å². The van der Waals surface area contributed by atoms with Gasteiger partial charge in [-0.1, -0.05) is 6.92 Å². The average Bonchev–Trinajstić information content (AvgIpc) is 2.95. The first-order valence-electron chi connectivity index (χ1n) is 9.82. The molecule has 3 aliphatic carbocycles. The minimum Gasteiger partial charge on any atom is -0.465 e. The fourth-order valence-electron chi connectivity index (χ4n) is 5.88. The first kappa shape index (κ1) is 18.2. The maximum atomic E-state index is 12.5. The van der Waals surface area contributed by atoms with Crippen molar-refractivity contribution in [2.75, 3.05) is 7.11 Å². The second-order valence-electron chi connectivity index (χ2n) is 8.47. The van der Waals surface area contributed by atoms with Gasteiger partial charge in [0, 0.05) is 18.8 Å². The molecule has 5 nitrogen and oxygen atoms in total. The number of benzene rings is 1. The van der Waals surface area contributed by atoms with Crippen LogP contribution in [0, 0.1) is 17.3 Å². The summed E-state index contributed by atoms with van der Waals surface area (Å²) in [6, 6.07) is 3.71. The quantitative estimate of drug-likeness (QED) is 0.585. The van der Waals surface area contributed by atoms with E-state index in [4.69, 9.17) is 9.47 Å². The zero-order valence-corrected chi connectivity index (χ0v) is 16.2. The number of carbonyl (C=O) groups excluding carboxylic acids is 3. The van der Waals surface area contributed by atoms with Crippen LogP contribution in [0.1, 0.15) is 73.4 Å². The van der Waals surface area contributed by atoms with Crippen molar-refractivity contribution in [3.05, 3.63) is 28.8 Å². The summed E-state index contributed by atoms with van der Waals surface area (Å²) in [5, 5.41) is 0. The van der Waals surface area contributed by atoms with Crippen molar-refractivity contribution in [2.24, 2.45) is 17.3 Å². The molecule has 27 heavy (non-hydrogen) atoms. The van der Waals surface area contributed by atoms with Crippen LogP contribution in [0.3, 0.4) is 0 Å². The van der Waals surface area contributed by atoms with Crippen molar-refractivity contribution in [2.45, 2.75) is 58.3 Å². The lowest BCUT2D eigenvalue weighted by Gasteiger charge is -2.48. The van der Waals surface area contributed by atoms with E-state index in [-0.39, 0.29) is 11.2 Å². The summed E-state index contributed by atoms with van der Waals surface area (Å²) < 4.78 is 10.2. The average molecular weight is 370 g/mol. The molecule has 2 fully saturated rings. The zero-order valence-electron chi connectivity index (χ0n) is 16.2. The van der Waals surface area contributed by atoms with Gasteiger partial charge in [0.2, 0.25) is 0 Å². The fraction of sp³-hybridized carbons (Fsp3) is 0.591. The van der Waals surface area contributed by atoms with Crippen molar-refractivity contribution < 1.29 is 23.9 Å². The number of hydrogen-bond donors (Lipinski definition) is 0. The molecule has 0 amide bonds. The number of aryl methyl sites for hydroxylation is 1. The third-order valence-electron chi connectivity index (χ3n) is 7.19. The first-order chi connectivity index (χ1) is 12.8. The fourth-order valence-corrected chi connectivity index (χ4v) is 5.88. The largest absolute Gasteiger partial charge is 0.465 e. The number of esters is 2. The van der Waals surface area contributed by atoms with Crippen molar-refractivity contribution in [1.29, 1.82) is 0 Å². The molecule has 5 heteroatoms. The van der Waals surface area contributed by atoms with Crippen molar-refractivity contribution in [3.8, 4) is 5.75 Å².